The molecular formula is C27H27N3O2. The van der Waals surface area contributed by atoms with Gasteiger partial charge in [0.25, 0.3) is 0 Å². The minimum Gasteiger partial charge on any atom is -0.494 e. The maximum absolute atomic E-state index is 5.62. The Hall–Kier alpha value is -3.86. The van der Waals surface area contributed by atoms with Crippen molar-refractivity contribution in [3.05, 3.63) is 91.0 Å². The maximum Gasteiger partial charge on any atom is 0.125 e. The number of ether oxygens (including phenoxy) is 2. The molecule has 3 aromatic carbocycles. The zero-order chi connectivity index (χ0) is 22.3. The lowest BCUT2D eigenvalue weighted by atomic mass is 10.1. The number of aryl methyl sites for hydroxylation is 1. The lowest BCUT2D eigenvalue weighted by molar-refractivity contribution is 0.340. The predicted molar refractivity (Wildman–Crippen MR) is 129 cm³/mol. The van der Waals surface area contributed by atoms with Gasteiger partial charge in [-0.3, -0.25) is 0 Å². The van der Waals surface area contributed by atoms with E-state index in [1.54, 1.807) is 0 Å². The molecular weight excluding hydrogens is 398 g/mol. The maximum atomic E-state index is 5.62. The van der Waals surface area contributed by atoms with Crippen LogP contribution in [0, 0.1) is 6.92 Å². The topological polar surface area (TPSA) is 47.5 Å². The molecule has 0 aliphatic rings. The number of rotatable bonds is 8. The van der Waals surface area contributed by atoms with Gasteiger partial charge >= 0.3 is 0 Å². The molecule has 32 heavy (non-hydrogen) atoms. The van der Waals surface area contributed by atoms with Gasteiger partial charge < -0.3 is 14.4 Å². The normalized spacial score (nSPS) is 10.6. The highest BCUT2D eigenvalue weighted by atomic mass is 16.5. The molecule has 0 N–H and O–H groups in total. The largest absolute Gasteiger partial charge is 0.494 e. The molecule has 0 unspecified atom stereocenters. The smallest absolute Gasteiger partial charge is 0.125 e. The van der Waals surface area contributed by atoms with Crippen molar-refractivity contribution in [1.29, 1.82) is 0 Å². The fraction of sp³-hybridized carbons (Fsp3) is 0.185. The number of anilines is 3. The Bertz CT molecular complexity index is 1070. The molecule has 0 spiro atoms. The second kappa shape index (κ2) is 9.96. The van der Waals surface area contributed by atoms with Crippen LogP contribution < -0.4 is 14.4 Å². The standard InChI is InChI=1S/C27H27N3O2/c1-4-31-26-14-10-24(11-15-26)30(25-12-16-27(17-13-25)32-5-2)23-8-6-21(7-9-23)22-18-28-20(3)29-19-22/h6-19H,4-5H2,1-3H3. The van der Waals surface area contributed by atoms with E-state index in [9.17, 15) is 0 Å². The van der Waals surface area contributed by atoms with Crippen molar-refractivity contribution < 1.29 is 9.47 Å². The van der Waals surface area contributed by atoms with Crippen LogP contribution in [-0.4, -0.2) is 23.2 Å². The van der Waals surface area contributed by atoms with Crippen LogP contribution in [0.15, 0.2) is 85.2 Å². The van der Waals surface area contributed by atoms with E-state index in [0.29, 0.717) is 13.2 Å². The Morgan fingerprint density at radius 2 is 1.00 bits per heavy atom. The Labute approximate surface area is 189 Å². The summed E-state index contributed by atoms with van der Waals surface area (Å²) in [6, 6.07) is 24.7. The highest BCUT2D eigenvalue weighted by molar-refractivity contribution is 5.78. The monoisotopic (exact) mass is 425 g/mol. The molecule has 0 amide bonds. The van der Waals surface area contributed by atoms with Crippen LogP contribution in [0.1, 0.15) is 19.7 Å². The Balaban J connectivity index is 1.70. The van der Waals surface area contributed by atoms with Crippen LogP contribution >= 0.6 is 0 Å². The molecule has 162 valence electrons. The first-order valence-corrected chi connectivity index (χ1v) is 10.8. The summed E-state index contributed by atoms with van der Waals surface area (Å²) >= 11 is 0. The van der Waals surface area contributed by atoms with Gasteiger partial charge in [-0.15, -0.1) is 0 Å². The van der Waals surface area contributed by atoms with Crippen molar-refractivity contribution in [2.75, 3.05) is 18.1 Å². The third kappa shape index (κ3) is 4.89. The fourth-order valence-corrected chi connectivity index (χ4v) is 3.51. The van der Waals surface area contributed by atoms with Crippen molar-refractivity contribution in [1.82, 2.24) is 9.97 Å². The van der Waals surface area contributed by atoms with Crippen LogP contribution in [0.4, 0.5) is 17.1 Å². The lowest BCUT2D eigenvalue weighted by Crippen LogP contribution is -2.10. The molecule has 5 nitrogen and oxygen atoms in total. The Morgan fingerprint density at radius 3 is 1.41 bits per heavy atom. The highest BCUT2D eigenvalue weighted by Gasteiger charge is 2.13. The van der Waals surface area contributed by atoms with E-state index in [1.807, 2.05) is 57.4 Å². The number of nitrogens with zero attached hydrogens (tertiary/aromatic N) is 3. The average Bonchev–Trinajstić information content (AvgIpc) is 2.83. The minimum absolute atomic E-state index is 0.645. The first-order valence-electron chi connectivity index (χ1n) is 10.8. The first kappa shape index (κ1) is 21.4. The van der Waals surface area contributed by atoms with Crippen molar-refractivity contribution >= 4 is 17.1 Å². The third-order valence-electron chi connectivity index (χ3n) is 5.05. The number of hydrogen-bond donors (Lipinski definition) is 0. The molecule has 0 bridgehead atoms. The van der Waals surface area contributed by atoms with Gasteiger partial charge in [0.05, 0.1) is 13.2 Å². The van der Waals surface area contributed by atoms with Crippen LogP contribution in [0.25, 0.3) is 11.1 Å². The summed E-state index contributed by atoms with van der Waals surface area (Å²) in [6.07, 6.45) is 3.71. The SMILES string of the molecule is CCOc1ccc(N(c2ccc(OCC)cc2)c2ccc(-c3cnc(C)nc3)cc2)cc1. The summed E-state index contributed by atoms with van der Waals surface area (Å²) in [7, 11) is 0. The lowest BCUT2D eigenvalue weighted by Gasteiger charge is -2.26. The van der Waals surface area contributed by atoms with Crippen molar-refractivity contribution in [3.8, 4) is 22.6 Å². The van der Waals surface area contributed by atoms with Gasteiger partial charge in [0.1, 0.15) is 17.3 Å². The number of aromatic nitrogens is 2. The zero-order valence-electron chi connectivity index (χ0n) is 18.7. The number of benzene rings is 3. The average molecular weight is 426 g/mol. The first-order chi connectivity index (χ1) is 15.7. The third-order valence-corrected chi connectivity index (χ3v) is 5.05. The van der Waals surface area contributed by atoms with E-state index in [1.165, 1.54) is 0 Å². The van der Waals surface area contributed by atoms with E-state index in [-0.39, 0.29) is 0 Å². The summed E-state index contributed by atoms with van der Waals surface area (Å²) in [6.45, 7) is 7.15. The highest BCUT2D eigenvalue weighted by Crippen LogP contribution is 2.37. The van der Waals surface area contributed by atoms with E-state index >= 15 is 0 Å². The van der Waals surface area contributed by atoms with Gasteiger partial charge in [-0.05, 0) is 87.0 Å². The van der Waals surface area contributed by atoms with Gasteiger partial charge in [0.2, 0.25) is 0 Å². The molecule has 5 heteroatoms. The summed E-state index contributed by atoms with van der Waals surface area (Å²) in [5.74, 6) is 2.48. The van der Waals surface area contributed by atoms with Gasteiger partial charge in [-0.25, -0.2) is 9.97 Å². The van der Waals surface area contributed by atoms with E-state index in [4.69, 9.17) is 9.47 Å². The molecule has 0 aliphatic carbocycles. The molecule has 0 aliphatic heterocycles. The molecule has 0 atom stereocenters. The number of hydrogen-bond acceptors (Lipinski definition) is 5. The predicted octanol–water partition coefficient (Wildman–Crippen LogP) is 6.72. The summed E-state index contributed by atoms with van der Waals surface area (Å²) in [5.41, 5.74) is 5.21. The molecule has 0 saturated heterocycles. The van der Waals surface area contributed by atoms with E-state index in [2.05, 4.69) is 63.4 Å². The quantitative estimate of drug-likeness (QED) is 0.314. The van der Waals surface area contributed by atoms with E-state index < -0.39 is 0 Å². The summed E-state index contributed by atoms with van der Waals surface area (Å²) in [4.78, 5) is 10.8. The second-order valence-electron chi connectivity index (χ2n) is 7.26. The molecule has 1 heterocycles. The van der Waals surface area contributed by atoms with Crippen molar-refractivity contribution in [2.45, 2.75) is 20.8 Å². The van der Waals surface area contributed by atoms with Crippen LogP contribution in [0.5, 0.6) is 11.5 Å². The second-order valence-corrected chi connectivity index (χ2v) is 7.26. The van der Waals surface area contributed by atoms with Gasteiger partial charge in [0, 0.05) is 35.0 Å². The van der Waals surface area contributed by atoms with Crippen LogP contribution in [-0.2, 0) is 0 Å². The molecule has 0 fully saturated rings. The van der Waals surface area contributed by atoms with Crippen molar-refractivity contribution in [2.24, 2.45) is 0 Å². The molecule has 1 aromatic heterocycles. The van der Waals surface area contributed by atoms with E-state index in [0.717, 1.165) is 45.5 Å². The Kier molecular flexibility index (Phi) is 6.66. The Morgan fingerprint density at radius 1 is 0.594 bits per heavy atom. The summed E-state index contributed by atoms with van der Waals surface area (Å²) in [5, 5.41) is 0. The molecule has 0 radical (unpaired) electrons. The van der Waals surface area contributed by atoms with Gasteiger partial charge in [-0.1, -0.05) is 12.1 Å². The van der Waals surface area contributed by atoms with Crippen LogP contribution in [0.2, 0.25) is 0 Å². The molecule has 4 aromatic rings. The van der Waals surface area contributed by atoms with Crippen molar-refractivity contribution in [3.63, 3.8) is 0 Å². The minimum atomic E-state index is 0.645. The fourth-order valence-electron chi connectivity index (χ4n) is 3.51. The van der Waals surface area contributed by atoms with Gasteiger partial charge in [0.15, 0.2) is 0 Å². The molecule has 0 saturated carbocycles. The van der Waals surface area contributed by atoms with Crippen LogP contribution in [0.3, 0.4) is 0 Å². The molecule has 4 rings (SSSR count). The van der Waals surface area contributed by atoms with Gasteiger partial charge in [-0.2, -0.15) is 0 Å². The zero-order valence-corrected chi connectivity index (χ0v) is 18.7. The summed E-state index contributed by atoms with van der Waals surface area (Å²) < 4.78 is 11.2.